The van der Waals surface area contributed by atoms with E-state index in [1.807, 2.05) is 0 Å². The van der Waals surface area contributed by atoms with E-state index in [-0.39, 0.29) is 41.9 Å². The van der Waals surface area contributed by atoms with Crippen molar-refractivity contribution in [3.8, 4) is 11.1 Å². The van der Waals surface area contributed by atoms with Crippen molar-refractivity contribution in [3.05, 3.63) is 39.1 Å². The number of hydrogen-bond donors (Lipinski definition) is 0. The first-order valence-electron chi connectivity index (χ1n) is 8.29. The van der Waals surface area contributed by atoms with Gasteiger partial charge >= 0.3 is 11.9 Å². The smallest absolute Gasteiger partial charge is 0.335 e. The van der Waals surface area contributed by atoms with E-state index in [0.717, 1.165) is 4.57 Å². The summed E-state index contributed by atoms with van der Waals surface area (Å²) in [6.45, 7) is -0.374. The lowest BCUT2D eigenvalue weighted by Crippen LogP contribution is -2.52. The topological polar surface area (TPSA) is 60.1 Å². The molecule has 28 heavy (non-hydrogen) atoms. The molecule has 0 atom stereocenters. The van der Waals surface area contributed by atoms with Gasteiger partial charge in [0.05, 0.1) is 18.6 Å². The minimum absolute atomic E-state index is 0.0221. The summed E-state index contributed by atoms with van der Waals surface area (Å²) >= 11 is 0.572. The van der Waals surface area contributed by atoms with Gasteiger partial charge in [0.2, 0.25) is 5.91 Å². The Kier molecular flexibility index (Phi) is 4.29. The molecule has 0 spiro atoms. The molecule has 1 amide bonds. The number of imidazole rings is 1. The number of carbonyl (C=O) groups is 1. The molecule has 0 bridgehead atoms. The molecular formula is C17H14F4N4O2S. The maximum Gasteiger partial charge on any atom is 0.426 e. The van der Waals surface area contributed by atoms with E-state index >= 15 is 0 Å². The van der Waals surface area contributed by atoms with Gasteiger partial charge in [-0.25, -0.2) is 14.2 Å². The van der Waals surface area contributed by atoms with E-state index in [2.05, 4.69) is 4.98 Å². The monoisotopic (exact) mass is 414 g/mol. The van der Waals surface area contributed by atoms with Crippen LogP contribution in [-0.2, 0) is 24.6 Å². The van der Waals surface area contributed by atoms with Crippen LogP contribution < -0.4 is 5.69 Å². The van der Waals surface area contributed by atoms with Gasteiger partial charge in [0.15, 0.2) is 5.65 Å². The van der Waals surface area contributed by atoms with Crippen molar-refractivity contribution in [2.24, 2.45) is 7.05 Å². The normalized spacial score (nSPS) is 15.2. The van der Waals surface area contributed by atoms with Crippen molar-refractivity contribution < 1.29 is 22.4 Å². The first-order valence-corrected chi connectivity index (χ1v) is 9.17. The number of amides is 1. The Morgan fingerprint density at radius 1 is 1.36 bits per heavy atom. The molecule has 148 valence electrons. The Balaban J connectivity index is 1.78. The molecule has 1 aliphatic rings. The second-order valence-electron chi connectivity index (χ2n) is 6.55. The Labute approximate surface area is 159 Å². The lowest BCUT2D eigenvalue weighted by atomic mass is 10.1. The third kappa shape index (κ3) is 2.99. The third-order valence-electron chi connectivity index (χ3n) is 4.69. The minimum Gasteiger partial charge on any atom is -0.335 e. The molecule has 0 saturated carbocycles. The van der Waals surface area contributed by atoms with Crippen LogP contribution in [0.15, 0.2) is 28.5 Å². The number of halogens is 4. The summed E-state index contributed by atoms with van der Waals surface area (Å²) in [6.07, 6.45) is -4.31. The van der Waals surface area contributed by atoms with Crippen LogP contribution in [0.4, 0.5) is 17.6 Å². The number of carbonyl (C=O) groups excluding carboxylic acids is 1. The Bertz CT molecular complexity index is 1120. The summed E-state index contributed by atoms with van der Waals surface area (Å²) in [5, 5.41) is 1.33. The molecule has 0 aromatic carbocycles. The van der Waals surface area contributed by atoms with Gasteiger partial charge in [-0.1, -0.05) is 0 Å². The SMILES string of the molecule is Cn1c(=O)n(CC(=O)N2CC(F)C2)c2cc(-c3ccsc3C(F)(F)F)cnc21. The zero-order valence-electron chi connectivity index (χ0n) is 14.5. The molecule has 3 aromatic rings. The maximum atomic E-state index is 13.2. The van der Waals surface area contributed by atoms with Crippen molar-refractivity contribution in [2.45, 2.75) is 18.9 Å². The molecule has 1 aliphatic heterocycles. The van der Waals surface area contributed by atoms with E-state index in [9.17, 15) is 27.2 Å². The molecular weight excluding hydrogens is 400 g/mol. The average molecular weight is 414 g/mol. The van der Waals surface area contributed by atoms with E-state index < -0.39 is 28.8 Å². The predicted molar refractivity (Wildman–Crippen MR) is 94.8 cm³/mol. The zero-order chi connectivity index (χ0) is 20.2. The standard InChI is InChI=1S/C17H14F4N4O2S/c1-23-15-12(25(16(23)27)8-13(26)24-6-10(18)7-24)4-9(5-22-15)11-2-3-28-14(11)17(19,20)21/h2-5,10H,6-8H2,1H3. The van der Waals surface area contributed by atoms with Gasteiger partial charge in [-0.2, -0.15) is 13.2 Å². The van der Waals surface area contributed by atoms with Crippen molar-refractivity contribution in [1.29, 1.82) is 0 Å². The maximum absolute atomic E-state index is 13.2. The van der Waals surface area contributed by atoms with Gasteiger partial charge in [0.1, 0.15) is 17.6 Å². The number of rotatable bonds is 3. The fourth-order valence-corrected chi connectivity index (χ4v) is 3.98. The fraction of sp³-hybridized carbons (Fsp3) is 0.353. The molecule has 11 heteroatoms. The van der Waals surface area contributed by atoms with Crippen molar-refractivity contribution in [1.82, 2.24) is 19.0 Å². The number of thiophene rings is 1. The highest BCUT2D eigenvalue weighted by Crippen LogP contribution is 2.41. The molecule has 4 heterocycles. The predicted octanol–water partition coefficient (Wildman–Crippen LogP) is 2.66. The highest BCUT2D eigenvalue weighted by atomic mass is 32.1. The summed E-state index contributed by atoms with van der Waals surface area (Å²) in [5.41, 5.74) is 0.128. The van der Waals surface area contributed by atoms with Gasteiger partial charge in [-0.15, -0.1) is 11.3 Å². The Morgan fingerprint density at radius 3 is 2.71 bits per heavy atom. The molecule has 6 nitrogen and oxygen atoms in total. The molecule has 1 saturated heterocycles. The number of fused-ring (bicyclic) bond motifs is 1. The van der Waals surface area contributed by atoms with E-state index in [1.54, 1.807) is 0 Å². The number of aromatic nitrogens is 3. The Hall–Kier alpha value is -2.69. The zero-order valence-corrected chi connectivity index (χ0v) is 15.4. The van der Waals surface area contributed by atoms with Crippen LogP contribution >= 0.6 is 11.3 Å². The first-order chi connectivity index (χ1) is 13.2. The quantitative estimate of drug-likeness (QED) is 0.620. The lowest BCUT2D eigenvalue weighted by molar-refractivity contribution is -0.138. The summed E-state index contributed by atoms with van der Waals surface area (Å²) in [7, 11) is 1.46. The van der Waals surface area contributed by atoms with Gasteiger partial charge in [-0.05, 0) is 17.5 Å². The highest BCUT2D eigenvalue weighted by Gasteiger charge is 2.35. The number of pyridine rings is 1. The van der Waals surface area contributed by atoms with Crippen LogP contribution in [-0.4, -0.2) is 44.2 Å². The number of aryl methyl sites for hydroxylation is 1. The van der Waals surface area contributed by atoms with Gasteiger partial charge in [0, 0.05) is 24.4 Å². The van der Waals surface area contributed by atoms with Crippen molar-refractivity contribution in [3.63, 3.8) is 0 Å². The van der Waals surface area contributed by atoms with Crippen LogP contribution in [0.3, 0.4) is 0 Å². The largest absolute Gasteiger partial charge is 0.426 e. The van der Waals surface area contributed by atoms with E-state index in [0.29, 0.717) is 11.3 Å². The Morgan fingerprint density at radius 2 is 2.07 bits per heavy atom. The van der Waals surface area contributed by atoms with E-state index in [4.69, 9.17) is 0 Å². The summed E-state index contributed by atoms with van der Waals surface area (Å²) in [5.74, 6) is -0.430. The van der Waals surface area contributed by atoms with Crippen molar-refractivity contribution in [2.75, 3.05) is 13.1 Å². The summed E-state index contributed by atoms with van der Waals surface area (Å²) in [4.78, 5) is 29.4. The second-order valence-corrected chi connectivity index (χ2v) is 7.47. The summed E-state index contributed by atoms with van der Waals surface area (Å²) < 4.78 is 55.0. The molecule has 4 rings (SSSR count). The first kappa shape index (κ1) is 18.7. The fourth-order valence-electron chi connectivity index (χ4n) is 3.20. The summed E-state index contributed by atoms with van der Waals surface area (Å²) in [6, 6.07) is 2.76. The van der Waals surface area contributed by atoms with Gasteiger partial charge in [0.25, 0.3) is 0 Å². The van der Waals surface area contributed by atoms with Crippen LogP contribution in [0, 0.1) is 0 Å². The molecule has 1 fully saturated rings. The molecule has 0 N–H and O–H groups in total. The van der Waals surface area contributed by atoms with Crippen LogP contribution in [0.1, 0.15) is 4.88 Å². The molecule has 0 radical (unpaired) electrons. The van der Waals surface area contributed by atoms with Gasteiger partial charge < -0.3 is 4.90 Å². The number of nitrogens with zero attached hydrogens (tertiary/aromatic N) is 4. The molecule has 3 aromatic heterocycles. The van der Waals surface area contributed by atoms with Crippen LogP contribution in [0.25, 0.3) is 22.3 Å². The second kappa shape index (κ2) is 6.43. The number of likely N-dealkylation sites (tertiary alicyclic amines) is 1. The average Bonchev–Trinajstić information content (AvgIpc) is 3.19. The third-order valence-corrected chi connectivity index (χ3v) is 5.65. The molecule has 0 aliphatic carbocycles. The van der Waals surface area contributed by atoms with Crippen molar-refractivity contribution >= 4 is 28.4 Å². The minimum atomic E-state index is -4.51. The van der Waals surface area contributed by atoms with Gasteiger partial charge in [-0.3, -0.25) is 13.9 Å². The molecule has 0 unspecified atom stereocenters. The van der Waals surface area contributed by atoms with E-state index in [1.165, 1.54) is 40.2 Å². The van der Waals surface area contributed by atoms with Crippen LogP contribution in [0.2, 0.25) is 0 Å². The highest BCUT2D eigenvalue weighted by molar-refractivity contribution is 7.10. The number of hydrogen-bond acceptors (Lipinski definition) is 4. The van der Waals surface area contributed by atoms with Crippen LogP contribution in [0.5, 0.6) is 0 Å². The lowest BCUT2D eigenvalue weighted by Gasteiger charge is -2.34. The number of alkyl halides is 4.